The van der Waals surface area contributed by atoms with Crippen molar-refractivity contribution in [2.45, 2.75) is 5.75 Å². The molecule has 3 aromatic carbocycles. The van der Waals surface area contributed by atoms with E-state index in [1.54, 1.807) is 18.2 Å². The van der Waals surface area contributed by atoms with Gasteiger partial charge in [-0.15, -0.1) is 11.8 Å². The molecule has 0 bridgehead atoms. The predicted octanol–water partition coefficient (Wildman–Crippen LogP) is 5.17. The summed E-state index contributed by atoms with van der Waals surface area (Å²) in [5.41, 5.74) is 6.86. The molecule has 0 atom stereocenters. The van der Waals surface area contributed by atoms with Gasteiger partial charge in [-0.05, 0) is 47.5 Å². The van der Waals surface area contributed by atoms with Crippen LogP contribution in [-0.2, 0) is 5.75 Å². The number of ketones is 1. The van der Waals surface area contributed by atoms with Crippen molar-refractivity contribution in [2.75, 3.05) is 5.73 Å². The van der Waals surface area contributed by atoms with Gasteiger partial charge in [-0.25, -0.2) is 9.18 Å². The van der Waals surface area contributed by atoms with Crippen molar-refractivity contribution in [1.29, 1.82) is 0 Å². The number of carbonyl (C=O) groups is 2. The summed E-state index contributed by atoms with van der Waals surface area (Å²) in [5.74, 6) is -1.52. The van der Waals surface area contributed by atoms with Crippen molar-refractivity contribution >= 4 is 41.0 Å². The Morgan fingerprint density at radius 3 is 2.25 bits per heavy atom. The Morgan fingerprint density at radius 1 is 1.03 bits per heavy atom. The summed E-state index contributed by atoms with van der Waals surface area (Å²) in [6.45, 7) is 0. The maximum atomic E-state index is 13.2. The summed E-state index contributed by atoms with van der Waals surface area (Å²) in [5, 5.41) is 20.2. The number of carboxylic acid groups (broad SMARTS) is 1. The summed E-state index contributed by atoms with van der Waals surface area (Å²) in [6.07, 6.45) is 1.51. The first kappa shape index (κ1) is 22.7. The Morgan fingerprint density at radius 2 is 1.66 bits per heavy atom. The van der Waals surface area contributed by atoms with Crippen molar-refractivity contribution < 1.29 is 24.0 Å². The lowest BCUT2D eigenvalue weighted by Gasteiger charge is -2.09. The van der Waals surface area contributed by atoms with Gasteiger partial charge in [0, 0.05) is 17.4 Å². The highest BCUT2D eigenvalue weighted by Crippen LogP contribution is 2.30. The molecule has 7 nitrogen and oxygen atoms in total. The predicted molar refractivity (Wildman–Crippen MR) is 121 cm³/mol. The fourth-order valence-corrected chi connectivity index (χ4v) is 3.76. The lowest BCUT2D eigenvalue weighted by Crippen LogP contribution is -2.03. The van der Waals surface area contributed by atoms with E-state index in [2.05, 4.69) is 0 Å². The normalized spacial score (nSPS) is 11.2. The van der Waals surface area contributed by atoms with E-state index >= 15 is 0 Å². The van der Waals surface area contributed by atoms with Crippen molar-refractivity contribution in [1.82, 2.24) is 0 Å². The van der Waals surface area contributed by atoms with Gasteiger partial charge in [0.2, 0.25) is 0 Å². The molecular weight excluding hydrogens is 435 g/mol. The van der Waals surface area contributed by atoms with Crippen LogP contribution in [0, 0.1) is 15.9 Å². The zero-order chi connectivity index (χ0) is 23.3. The first-order chi connectivity index (χ1) is 15.2. The summed E-state index contributed by atoms with van der Waals surface area (Å²) >= 11 is 1.18. The lowest BCUT2D eigenvalue weighted by molar-refractivity contribution is -0.383. The van der Waals surface area contributed by atoms with E-state index in [9.17, 15) is 24.1 Å². The Hall–Kier alpha value is -3.98. The zero-order valence-corrected chi connectivity index (χ0v) is 17.3. The molecule has 0 amide bonds. The number of rotatable bonds is 8. The van der Waals surface area contributed by atoms with Gasteiger partial charge in [0.15, 0.2) is 5.78 Å². The maximum Gasteiger partial charge on any atom is 0.335 e. The number of carboxylic acids is 1. The molecule has 9 heteroatoms. The smallest absolute Gasteiger partial charge is 0.335 e. The standard InChI is InChI=1S/C23H17FN2O5S/c24-18-8-1-14(2-9-18)13-32-21(12-15-3-10-19(25)20(11-15)26(30)31)22(27)16-4-6-17(7-5-16)23(28)29/h1-12H,13,25H2,(H,28,29)/b21-12+. The SMILES string of the molecule is Nc1ccc(/C=C(/SCc2ccc(F)cc2)C(=O)c2ccc(C(=O)O)cc2)cc1[N+](=O)[O-]. The van der Waals surface area contributed by atoms with Gasteiger partial charge in [0.05, 0.1) is 15.4 Å². The third-order valence-corrected chi connectivity index (χ3v) is 5.57. The number of aromatic carboxylic acids is 1. The molecule has 0 aliphatic rings. The van der Waals surface area contributed by atoms with Crippen LogP contribution in [0.25, 0.3) is 6.08 Å². The van der Waals surface area contributed by atoms with E-state index in [1.165, 1.54) is 66.4 Å². The molecule has 0 saturated carbocycles. The average Bonchev–Trinajstić information content (AvgIpc) is 2.78. The van der Waals surface area contributed by atoms with Crippen LogP contribution >= 0.6 is 11.8 Å². The highest BCUT2D eigenvalue weighted by Gasteiger charge is 2.17. The molecule has 3 rings (SSSR count). The molecule has 0 aliphatic heterocycles. The van der Waals surface area contributed by atoms with Gasteiger partial charge in [-0.3, -0.25) is 14.9 Å². The number of hydrogen-bond acceptors (Lipinski definition) is 6. The minimum atomic E-state index is -1.11. The summed E-state index contributed by atoms with van der Waals surface area (Å²) in [7, 11) is 0. The Balaban J connectivity index is 1.96. The fraction of sp³-hybridized carbons (Fsp3) is 0.0435. The first-order valence-corrected chi connectivity index (χ1v) is 10.2. The number of carbonyl (C=O) groups excluding carboxylic acids is 1. The number of nitrogen functional groups attached to an aromatic ring is 1. The van der Waals surface area contributed by atoms with Crippen LogP contribution in [-0.4, -0.2) is 21.8 Å². The molecule has 0 saturated heterocycles. The molecule has 3 aromatic rings. The van der Waals surface area contributed by atoms with Gasteiger partial charge in [-0.2, -0.15) is 0 Å². The molecule has 3 N–H and O–H groups in total. The summed E-state index contributed by atoms with van der Waals surface area (Å²) < 4.78 is 13.2. The zero-order valence-electron chi connectivity index (χ0n) is 16.5. The highest BCUT2D eigenvalue weighted by atomic mass is 32.2. The number of nitrogens with zero attached hydrogens (tertiary/aromatic N) is 1. The number of thioether (sulfide) groups is 1. The van der Waals surface area contributed by atoms with E-state index in [0.29, 0.717) is 11.3 Å². The Bertz CT molecular complexity index is 1210. The van der Waals surface area contributed by atoms with Crippen LogP contribution in [0.15, 0.2) is 71.6 Å². The molecule has 0 spiro atoms. The average molecular weight is 452 g/mol. The third kappa shape index (κ3) is 5.58. The van der Waals surface area contributed by atoms with Crippen molar-refractivity contribution in [3.8, 4) is 0 Å². The molecule has 0 unspecified atom stereocenters. The van der Waals surface area contributed by atoms with Crippen molar-refractivity contribution in [2.24, 2.45) is 0 Å². The number of nitro groups is 1. The minimum Gasteiger partial charge on any atom is -0.478 e. The van der Waals surface area contributed by atoms with Crippen LogP contribution in [0.2, 0.25) is 0 Å². The monoisotopic (exact) mass is 452 g/mol. The molecule has 0 fully saturated rings. The largest absolute Gasteiger partial charge is 0.478 e. The third-order valence-electron chi connectivity index (χ3n) is 4.47. The van der Waals surface area contributed by atoms with Crippen LogP contribution in [0.3, 0.4) is 0 Å². The van der Waals surface area contributed by atoms with Gasteiger partial charge in [0.1, 0.15) is 11.5 Å². The van der Waals surface area contributed by atoms with Gasteiger partial charge < -0.3 is 10.8 Å². The van der Waals surface area contributed by atoms with Crippen molar-refractivity contribution in [3.05, 3.63) is 110 Å². The molecular formula is C23H17FN2O5S. The van der Waals surface area contributed by atoms with Crippen LogP contribution in [0.5, 0.6) is 0 Å². The van der Waals surface area contributed by atoms with Crippen LogP contribution in [0.1, 0.15) is 31.8 Å². The number of benzene rings is 3. The van der Waals surface area contributed by atoms with Crippen LogP contribution < -0.4 is 5.73 Å². The summed E-state index contributed by atoms with van der Waals surface area (Å²) in [6, 6.07) is 15.5. The number of halogens is 1. The second-order valence-corrected chi connectivity index (χ2v) is 7.73. The molecule has 0 radical (unpaired) electrons. The van der Waals surface area contributed by atoms with E-state index < -0.39 is 10.9 Å². The molecule has 0 aromatic heterocycles. The fourth-order valence-electron chi connectivity index (χ4n) is 2.78. The second kappa shape index (κ2) is 9.88. The number of anilines is 1. The minimum absolute atomic E-state index is 0.00301. The van der Waals surface area contributed by atoms with E-state index in [-0.39, 0.29) is 39.0 Å². The maximum absolute atomic E-state index is 13.2. The second-order valence-electron chi connectivity index (χ2n) is 6.71. The molecule has 0 aliphatic carbocycles. The van der Waals surface area contributed by atoms with Crippen LogP contribution in [0.4, 0.5) is 15.8 Å². The van der Waals surface area contributed by atoms with Gasteiger partial charge >= 0.3 is 5.97 Å². The summed E-state index contributed by atoms with van der Waals surface area (Å²) in [4.78, 5) is 35.1. The first-order valence-electron chi connectivity index (χ1n) is 9.25. The molecule has 32 heavy (non-hydrogen) atoms. The van der Waals surface area contributed by atoms with E-state index in [1.807, 2.05) is 0 Å². The van der Waals surface area contributed by atoms with E-state index in [0.717, 1.165) is 5.56 Å². The van der Waals surface area contributed by atoms with E-state index in [4.69, 9.17) is 10.8 Å². The molecule has 162 valence electrons. The highest BCUT2D eigenvalue weighted by molar-refractivity contribution is 8.03. The quantitative estimate of drug-likeness (QED) is 0.159. The van der Waals surface area contributed by atoms with Crippen molar-refractivity contribution in [3.63, 3.8) is 0 Å². The number of nitrogens with two attached hydrogens (primary N) is 1. The number of nitro benzene ring substituents is 1. The van der Waals surface area contributed by atoms with Gasteiger partial charge in [-0.1, -0.05) is 30.3 Å². The Kier molecular flexibility index (Phi) is 7.01. The Labute approximate surface area is 186 Å². The number of Topliss-reactive ketones (excluding diaryl/α,β-unsaturated/α-hetero) is 1. The lowest BCUT2D eigenvalue weighted by atomic mass is 10.1. The topological polar surface area (TPSA) is 124 Å². The van der Waals surface area contributed by atoms with Gasteiger partial charge in [0.25, 0.3) is 5.69 Å². The molecule has 0 heterocycles. The number of hydrogen-bond donors (Lipinski definition) is 2. The number of allylic oxidation sites excluding steroid dienone is 1.